The topological polar surface area (TPSA) is 114 Å². The normalized spacial score (nSPS) is 22.1. The number of nitrogens with zero attached hydrogens (tertiary/aromatic N) is 3. The molecule has 1 N–H and O–H groups in total. The van der Waals surface area contributed by atoms with E-state index in [2.05, 4.69) is 10.3 Å². The van der Waals surface area contributed by atoms with Crippen molar-refractivity contribution < 1.29 is 19.2 Å². The number of carbonyl (C=O) groups is 2. The summed E-state index contributed by atoms with van der Waals surface area (Å²) in [4.78, 5) is 42.1. The number of benzene rings is 1. The molecule has 1 fully saturated rings. The molecule has 1 atom stereocenters. The largest absolute Gasteiger partial charge is 0.444 e. The average Bonchev–Trinajstić information content (AvgIpc) is 3.40. The SMILES string of the molecule is CC(C)(C)OC(=O)NC1=N[C@](C)(c2cccc([N+](=O)[O-])c2)CC(=O)N1CC1CC1. The van der Waals surface area contributed by atoms with Gasteiger partial charge < -0.3 is 4.74 Å². The summed E-state index contributed by atoms with van der Waals surface area (Å²) in [5, 5.41) is 13.8. The number of hydrogen-bond donors (Lipinski definition) is 1. The summed E-state index contributed by atoms with van der Waals surface area (Å²) in [5.74, 6) is 0.329. The highest BCUT2D eigenvalue weighted by Crippen LogP contribution is 2.37. The second-order valence-electron chi connectivity index (χ2n) is 8.77. The molecule has 3 rings (SSSR count). The van der Waals surface area contributed by atoms with Crippen molar-refractivity contribution in [3.63, 3.8) is 0 Å². The van der Waals surface area contributed by atoms with Crippen molar-refractivity contribution in [2.45, 2.75) is 58.1 Å². The predicted octanol–water partition coefficient (Wildman–Crippen LogP) is 3.33. The second-order valence-corrected chi connectivity index (χ2v) is 8.77. The maximum absolute atomic E-state index is 13.0. The molecular formula is C20H26N4O5. The van der Waals surface area contributed by atoms with Crippen LogP contribution in [0.15, 0.2) is 29.3 Å². The number of aliphatic imine (C=N–C) groups is 1. The molecule has 156 valence electrons. The fourth-order valence-corrected chi connectivity index (χ4v) is 3.20. The van der Waals surface area contributed by atoms with Gasteiger partial charge in [0.25, 0.3) is 5.69 Å². The van der Waals surface area contributed by atoms with E-state index in [4.69, 9.17) is 4.74 Å². The van der Waals surface area contributed by atoms with Crippen LogP contribution in [0.4, 0.5) is 10.5 Å². The average molecular weight is 402 g/mol. The van der Waals surface area contributed by atoms with Gasteiger partial charge in [-0.3, -0.25) is 25.1 Å². The third-order valence-corrected chi connectivity index (χ3v) is 4.83. The monoisotopic (exact) mass is 402 g/mol. The van der Waals surface area contributed by atoms with Gasteiger partial charge in [0.15, 0.2) is 0 Å². The first-order valence-corrected chi connectivity index (χ1v) is 9.62. The molecule has 2 amide bonds. The van der Waals surface area contributed by atoms with Crippen molar-refractivity contribution in [1.29, 1.82) is 0 Å². The molecule has 9 nitrogen and oxygen atoms in total. The molecule has 0 spiro atoms. The highest BCUT2D eigenvalue weighted by Gasteiger charge is 2.41. The minimum atomic E-state index is -1.03. The van der Waals surface area contributed by atoms with E-state index in [1.165, 1.54) is 17.0 Å². The molecule has 1 saturated carbocycles. The van der Waals surface area contributed by atoms with Crippen LogP contribution >= 0.6 is 0 Å². The standard InChI is InChI=1S/C20H26N4O5/c1-19(2,3)29-18(26)21-17-22-20(4,11-16(25)23(17)12-13-8-9-13)14-6-5-7-15(10-14)24(27)28/h5-7,10,13H,8-9,11-12H2,1-4H3,(H,21,22,26)/t20-/m0/s1. The minimum absolute atomic E-state index is 0.0559. The summed E-state index contributed by atoms with van der Waals surface area (Å²) in [7, 11) is 0. The van der Waals surface area contributed by atoms with Gasteiger partial charge in [0.05, 0.1) is 16.9 Å². The summed E-state index contributed by atoms with van der Waals surface area (Å²) in [6, 6.07) is 6.07. The van der Waals surface area contributed by atoms with Crippen LogP contribution < -0.4 is 5.32 Å². The zero-order valence-electron chi connectivity index (χ0n) is 17.1. The summed E-state index contributed by atoms with van der Waals surface area (Å²) < 4.78 is 5.31. The smallest absolute Gasteiger partial charge is 0.414 e. The number of carbonyl (C=O) groups excluding carboxylic acids is 2. The zero-order chi connectivity index (χ0) is 21.4. The lowest BCUT2D eigenvalue weighted by molar-refractivity contribution is -0.385. The Morgan fingerprint density at radius 2 is 2.10 bits per heavy atom. The zero-order valence-corrected chi connectivity index (χ0v) is 17.1. The lowest BCUT2D eigenvalue weighted by Crippen LogP contribution is -2.54. The van der Waals surface area contributed by atoms with Crippen molar-refractivity contribution in [3.05, 3.63) is 39.9 Å². The van der Waals surface area contributed by atoms with Crippen molar-refractivity contribution in [2.75, 3.05) is 6.54 Å². The van der Waals surface area contributed by atoms with Crippen LogP contribution in [-0.4, -0.2) is 39.9 Å². The van der Waals surface area contributed by atoms with Gasteiger partial charge in [-0.05, 0) is 52.0 Å². The number of non-ortho nitro benzene ring substituents is 1. The first-order chi connectivity index (χ1) is 13.5. The molecule has 29 heavy (non-hydrogen) atoms. The van der Waals surface area contributed by atoms with Gasteiger partial charge in [-0.2, -0.15) is 0 Å². The van der Waals surface area contributed by atoms with Crippen molar-refractivity contribution in [3.8, 4) is 0 Å². The highest BCUT2D eigenvalue weighted by molar-refractivity contribution is 6.05. The Bertz CT molecular complexity index is 872. The maximum atomic E-state index is 13.0. The van der Waals surface area contributed by atoms with E-state index in [1.807, 2.05) is 0 Å². The van der Waals surface area contributed by atoms with Gasteiger partial charge in [0.1, 0.15) is 5.60 Å². The summed E-state index contributed by atoms with van der Waals surface area (Å²) in [6.45, 7) is 7.45. The van der Waals surface area contributed by atoms with E-state index in [0.717, 1.165) is 12.8 Å². The quantitative estimate of drug-likeness (QED) is 0.613. The number of ether oxygens (including phenoxy) is 1. The van der Waals surface area contributed by atoms with Crippen molar-refractivity contribution >= 4 is 23.6 Å². The highest BCUT2D eigenvalue weighted by atomic mass is 16.6. The Labute approximate surface area is 169 Å². The third kappa shape index (κ3) is 5.10. The number of amides is 2. The molecule has 0 unspecified atom stereocenters. The van der Waals surface area contributed by atoms with Crippen LogP contribution in [-0.2, 0) is 15.1 Å². The molecule has 1 heterocycles. The van der Waals surface area contributed by atoms with Crippen LogP contribution in [0, 0.1) is 16.0 Å². The summed E-state index contributed by atoms with van der Waals surface area (Å²) in [5.41, 5.74) is -1.27. The Balaban J connectivity index is 1.95. The second kappa shape index (κ2) is 7.46. The third-order valence-electron chi connectivity index (χ3n) is 4.83. The van der Waals surface area contributed by atoms with Gasteiger partial charge >= 0.3 is 6.09 Å². The van der Waals surface area contributed by atoms with Crippen LogP contribution in [0.25, 0.3) is 0 Å². The van der Waals surface area contributed by atoms with Gasteiger partial charge in [-0.1, -0.05) is 12.1 Å². The van der Waals surface area contributed by atoms with Gasteiger partial charge in [-0.25, -0.2) is 9.79 Å². The molecule has 0 bridgehead atoms. The Morgan fingerprint density at radius 1 is 1.41 bits per heavy atom. The van der Waals surface area contributed by atoms with Crippen LogP contribution in [0.1, 0.15) is 52.5 Å². The van der Waals surface area contributed by atoms with Gasteiger partial charge in [0.2, 0.25) is 11.9 Å². The summed E-state index contributed by atoms with van der Waals surface area (Å²) in [6.07, 6.45) is 1.42. The van der Waals surface area contributed by atoms with E-state index >= 15 is 0 Å². The van der Waals surface area contributed by atoms with E-state index in [-0.39, 0.29) is 24.0 Å². The van der Waals surface area contributed by atoms with Crippen molar-refractivity contribution in [1.82, 2.24) is 10.2 Å². The van der Waals surface area contributed by atoms with Gasteiger partial charge in [-0.15, -0.1) is 0 Å². The van der Waals surface area contributed by atoms with E-state index in [0.29, 0.717) is 18.0 Å². The molecule has 0 radical (unpaired) electrons. The maximum Gasteiger partial charge on any atom is 0.414 e. The van der Waals surface area contributed by atoms with Crippen molar-refractivity contribution in [2.24, 2.45) is 10.9 Å². The lowest BCUT2D eigenvalue weighted by Gasteiger charge is -2.37. The minimum Gasteiger partial charge on any atom is -0.444 e. The van der Waals surface area contributed by atoms with E-state index in [1.54, 1.807) is 39.8 Å². The molecule has 1 aromatic rings. The molecule has 2 aliphatic rings. The number of nitrogens with one attached hydrogen (secondary N) is 1. The molecule has 0 saturated heterocycles. The number of hydrogen-bond acceptors (Lipinski definition) is 6. The van der Waals surface area contributed by atoms with Crippen LogP contribution in [0.2, 0.25) is 0 Å². The molecule has 1 aromatic carbocycles. The van der Waals surface area contributed by atoms with Gasteiger partial charge in [0, 0.05) is 18.7 Å². The number of rotatable bonds is 4. The Morgan fingerprint density at radius 3 is 2.69 bits per heavy atom. The van der Waals surface area contributed by atoms with E-state index < -0.39 is 22.2 Å². The number of nitro benzene ring substituents is 1. The molecule has 9 heteroatoms. The predicted molar refractivity (Wildman–Crippen MR) is 106 cm³/mol. The number of nitro groups is 1. The van der Waals surface area contributed by atoms with Crippen LogP contribution in [0.3, 0.4) is 0 Å². The number of guanidine groups is 1. The molecule has 1 aliphatic heterocycles. The Hall–Kier alpha value is -2.97. The first-order valence-electron chi connectivity index (χ1n) is 9.62. The van der Waals surface area contributed by atoms with E-state index in [9.17, 15) is 19.7 Å². The molecular weight excluding hydrogens is 376 g/mol. The summed E-state index contributed by atoms with van der Waals surface area (Å²) >= 11 is 0. The fraction of sp³-hybridized carbons (Fsp3) is 0.550. The first kappa shape index (κ1) is 20.8. The fourth-order valence-electron chi connectivity index (χ4n) is 3.20. The van der Waals surface area contributed by atoms with Crippen LogP contribution in [0.5, 0.6) is 0 Å². The lowest BCUT2D eigenvalue weighted by atomic mass is 9.87. The molecule has 1 aliphatic carbocycles. The Kier molecular flexibility index (Phi) is 5.34. The number of alkyl carbamates (subject to hydrolysis) is 1. The molecule has 0 aromatic heterocycles.